The van der Waals surface area contributed by atoms with Gasteiger partial charge in [0.2, 0.25) is 0 Å². The van der Waals surface area contributed by atoms with Gasteiger partial charge in [-0.2, -0.15) is 26.3 Å². The van der Waals surface area contributed by atoms with Crippen molar-refractivity contribution in [2.45, 2.75) is 95.8 Å². The van der Waals surface area contributed by atoms with Crippen LogP contribution in [0.15, 0.2) is 24.3 Å². The van der Waals surface area contributed by atoms with Gasteiger partial charge in [-0.15, -0.1) is 0 Å². The molecule has 0 bridgehead atoms. The van der Waals surface area contributed by atoms with E-state index in [1.165, 1.54) is 63.5 Å². The zero-order valence-corrected chi connectivity index (χ0v) is 20.1. The van der Waals surface area contributed by atoms with Crippen LogP contribution in [-0.2, 0) is 4.79 Å². The molecule has 1 atom stereocenters. The van der Waals surface area contributed by atoms with E-state index in [1.54, 1.807) is 12.1 Å². The first-order valence-corrected chi connectivity index (χ1v) is 12.9. The largest absolute Gasteiger partial charge is 0.426 e. The highest BCUT2D eigenvalue weighted by atomic mass is 19.4. The van der Waals surface area contributed by atoms with Crippen molar-refractivity contribution in [1.82, 2.24) is 0 Å². The first-order valence-electron chi connectivity index (χ1n) is 12.9. The Morgan fingerprint density at radius 3 is 1.83 bits per heavy atom. The van der Waals surface area contributed by atoms with Crippen molar-refractivity contribution in [3.8, 4) is 5.75 Å². The molecule has 0 radical (unpaired) electrons. The van der Waals surface area contributed by atoms with Crippen LogP contribution in [0.3, 0.4) is 0 Å². The fourth-order valence-corrected chi connectivity index (χ4v) is 6.61. The summed E-state index contributed by atoms with van der Waals surface area (Å²) in [7, 11) is 0. The Bertz CT molecular complexity index is 845. The fraction of sp³-hybridized carbons (Fsp3) is 0.741. The maximum Gasteiger partial charge on any atom is 0.404 e. The first-order chi connectivity index (χ1) is 16.5. The molecule has 0 amide bonds. The first kappa shape index (κ1) is 26.3. The zero-order valence-electron chi connectivity index (χ0n) is 20.1. The molecule has 2 nitrogen and oxygen atoms in total. The van der Waals surface area contributed by atoms with Crippen LogP contribution in [0.1, 0.15) is 89.0 Å². The molecular weight excluding hydrogens is 470 g/mol. The number of hydrogen-bond donors (Lipinski definition) is 0. The third-order valence-electron chi connectivity index (χ3n) is 8.85. The summed E-state index contributed by atoms with van der Waals surface area (Å²) in [6.07, 6.45) is 0.0829. The predicted molar refractivity (Wildman–Crippen MR) is 120 cm³/mol. The highest BCUT2D eigenvalue weighted by molar-refractivity contribution is 5.80. The minimum absolute atomic E-state index is 0.0265. The fourth-order valence-electron chi connectivity index (χ4n) is 6.61. The van der Waals surface area contributed by atoms with E-state index in [1.807, 2.05) is 0 Å². The van der Waals surface area contributed by atoms with Gasteiger partial charge in [-0.25, -0.2) is 0 Å². The second-order valence-corrected chi connectivity index (χ2v) is 10.9. The second-order valence-electron chi connectivity index (χ2n) is 10.9. The van der Waals surface area contributed by atoms with Crippen LogP contribution < -0.4 is 4.74 Å². The lowest BCUT2D eigenvalue weighted by molar-refractivity contribution is -0.305. The third-order valence-corrected chi connectivity index (χ3v) is 8.85. The van der Waals surface area contributed by atoms with Gasteiger partial charge >= 0.3 is 18.3 Å². The number of ether oxygens (including phenoxy) is 1. The summed E-state index contributed by atoms with van der Waals surface area (Å²) >= 11 is 0. The standard InChI is InChI=1S/C27H34F6O2/c1-2-3-17-4-6-18(7-5-17)19-8-10-20(11-9-19)21-12-14-22(15-13-21)35-24(34)23-16-25(23,26(28,29)30)27(31,32)33/h12-15,17-20,23H,2-11,16H2,1H3. The van der Waals surface area contributed by atoms with Gasteiger partial charge in [0.25, 0.3) is 0 Å². The number of hydrogen-bond acceptors (Lipinski definition) is 2. The smallest absolute Gasteiger partial charge is 0.404 e. The molecule has 0 N–H and O–H groups in total. The highest BCUT2D eigenvalue weighted by Gasteiger charge is 2.86. The van der Waals surface area contributed by atoms with E-state index >= 15 is 0 Å². The molecule has 1 aromatic rings. The number of carbonyl (C=O) groups excluding carboxylic acids is 1. The summed E-state index contributed by atoms with van der Waals surface area (Å²) in [5, 5.41) is 0. The van der Waals surface area contributed by atoms with Crippen LogP contribution in [0.25, 0.3) is 0 Å². The van der Waals surface area contributed by atoms with Crippen molar-refractivity contribution < 1.29 is 35.9 Å². The zero-order chi connectivity index (χ0) is 25.4. The van der Waals surface area contributed by atoms with Crippen LogP contribution in [0.2, 0.25) is 0 Å². The van der Waals surface area contributed by atoms with Crippen LogP contribution in [0, 0.1) is 29.1 Å². The molecule has 3 fully saturated rings. The molecule has 1 unspecified atom stereocenters. The van der Waals surface area contributed by atoms with E-state index < -0.39 is 36.1 Å². The Kier molecular flexibility index (Phi) is 7.50. The number of benzene rings is 1. The maximum absolute atomic E-state index is 13.1. The molecule has 0 heterocycles. The SMILES string of the molecule is CCCC1CCC(C2CCC(c3ccc(OC(=O)C4CC4(C(F)(F)F)C(F)(F)F)cc3)CC2)CC1. The van der Waals surface area contributed by atoms with E-state index in [0.717, 1.165) is 36.2 Å². The van der Waals surface area contributed by atoms with Crippen molar-refractivity contribution in [3.63, 3.8) is 0 Å². The van der Waals surface area contributed by atoms with Crippen molar-refractivity contribution in [2.24, 2.45) is 29.1 Å². The normalized spacial score (nSPS) is 31.1. The summed E-state index contributed by atoms with van der Waals surface area (Å²) in [6.45, 7) is 2.25. The van der Waals surface area contributed by atoms with Gasteiger partial charge in [0.15, 0.2) is 5.41 Å². The number of halogens is 6. The highest BCUT2D eigenvalue weighted by Crippen LogP contribution is 2.70. The van der Waals surface area contributed by atoms with Gasteiger partial charge < -0.3 is 4.74 Å². The quantitative estimate of drug-likeness (QED) is 0.220. The van der Waals surface area contributed by atoms with Crippen LogP contribution in [0.4, 0.5) is 26.3 Å². The van der Waals surface area contributed by atoms with Gasteiger partial charge in [-0.3, -0.25) is 4.79 Å². The molecule has 4 rings (SSSR count). The van der Waals surface area contributed by atoms with Gasteiger partial charge in [0, 0.05) is 0 Å². The third kappa shape index (κ3) is 5.36. The molecule has 35 heavy (non-hydrogen) atoms. The van der Waals surface area contributed by atoms with Gasteiger partial charge in [0.05, 0.1) is 5.92 Å². The number of carbonyl (C=O) groups is 1. The molecule has 1 aromatic carbocycles. The Hall–Kier alpha value is -1.73. The van der Waals surface area contributed by atoms with E-state index in [0.29, 0.717) is 5.92 Å². The average Bonchev–Trinajstić information content (AvgIpc) is 3.59. The van der Waals surface area contributed by atoms with E-state index in [-0.39, 0.29) is 5.75 Å². The van der Waals surface area contributed by atoms with E-state index in [4.69, 9.17) is 4.74 Å². The van der Waals surface area contributed by atoms with E-state index in [9.17, 15) is 31.1 Å². The molecule has 0 aromatic heterocycles. The van der Waals surface area contributed by atoms with Gasteiger partial charge in [0.1, 0.15) is 5.75 Å². The minimum atomic E-state index is -5.55. The Labute approximate surface area is 202 Å². The summed E-state index contributed by atoms with van der Waals surface area (Å²) in [5.41, 5.74) is -2.92. The molecule has 8 heteroatoms. The van der Waals surface area contributed by atoms with Crippen molar-refractivity contribution in [1.29, 1.82) is 0 Å². The molecular formula is C27H34F6O2. The number of esters is 1. The second kappa shape index (κ2) is 9.97. The van der Waals surface area contributed by atoms with Crippen LogP contribution in [0.5, 0.6) is 5.75 Å². The summed E-state index contributed by atoms with van der Waals surface area (Å²) in [5.74, 6) is -0.890. The predicted octanol–water partition coefficient (Wildman–Crippen LogP) is 8.60. The minimum Gasteiger partial charge on any atom is -0.426 e. The molecule has 0 spiro atoms. The summed E-state index contributed by atoms with van der Waals surface area (Å²) < 4.78 is 83.3. The Morgan fingerprint density at radius 1 is 0.857 bits per heavy atom. The van der Waals surface area contributed by atoms with Crippen LogP contribution >= 0.6 is 0 Å². The average molecular weight is 505 g/mol. The molecule has 3 saturated carbocycles. The van der Waals surface area contributed by atoms with Gasteiger partial charge in [-0.05, 0) is 86.3 Å². The topological polar surface area (TPSA) is 26.3 Å². The van der Waals surface area contributed by atoms with Crippen molar-refractivity contribution in [2.75, 3.05) is 0 Å². The molecule has 0 saturated heterocycles. The summed E-state index contributed by atoms with van der Waals surface area (Å²) in [6, 6.07) is 6.49. The molecule has 3 aliphatic rings. The number of alkyl halides is 6. The lowest BCUT2D eigenvalue weighted by Crippen LogP contribution is -2.42. The molecule has 196 valence electrons. The van der Waals surface area contributed by atoms with E-state index in [2.05, 4.69) is 6.92 Å². The maximum atomic E-state index is 13.1. The molecule has 0 aliphatic heterocycles. The van der Waals surface area contributed by atoms with Crippen molar-refractivity contribution in [3.05, 3.63) is 29.8 Å². The van der Waals surface area contributed by atoms with Crippen LogP contribution in [-0.4, -0.2) is 18.3 Å². The Balaban J connectivity index is 1.28. The van der Waals surface area contributed by atoms with Crippen molar-refractivity contribution >= 4 is 5.97 Å². The Morgan fingerprint density at radius 2 is 1.37 bits per heavy atom. The molecule has 3 aliphatic carbocycles. The lowest BCUT2D eigenvalue weighted by atomic mass is 9.68. The lowest BCUT2D eigenvalue weighted by Gasteiger charge is -2.38. The summed E-state index contributed by atoms with van der Waals surface area (Å²) in [4.78, 5) is 12.1. The monoisotopic (exact) mass is 504 g/mol. The van der Waals surface area contributed by atoms with Gasteiger partial charge in [-0.1, -0.05) is 44.7 Å². The number of rotatable bonds is 6.